The summed E-state index contributed by atoms with van der Waals surface area (Å²) >= 11 is 13.2. The van der Waals surface area contributed by atoms with E-state index in [1.54, 1.807) is 29.5 Å². The molecule has 1 aromatic carbocycles. The maximum absolute atomic E-state index is 14.1. The fourth-order valence-electron chi connectivity index (χ4n) is 3.52. The molecule has 1 N–H and O–H groups in total. The van der Waals surface area contributed by atoms with Gasteiger partial charge in [0.25, 0.3) is 11.8 Å². The van der Waals surface area contributed by atoms with E-state index in [9.17, 15) is 14.0 Å². The molecule has 2 aromatic heterocycles. The molecule has 0 aliphatic carbocycles. The number of anilines is 1. The third-order valence-corrected chi connectivity index (χ3v) is 6.82. The summed E-state index contributed by atoms with van der Waals surface area (Å²) in [5.74, 6) is -0.880. The van der Waals surface area contributed by atoms with Crippen LogP contribution in [0.3, 0.4) is 0 Å². The zero-order chi connectivity index (χ0) is 23.5. The van der Waals surface area contributed by atoms with Crippen molar-refractivity contribution in [3.05, 3.63) is 68.0 Å². The molecule has 12 heteroatoms. The number of aromatic nitrogens is 3. The van der Waals surface area contributed by atoms with Gasteiger partial charge in [-0.3, -0.25) is 20.0 Å². The second kappa shape index (κ2) is 9.98. The lowest BCUT2D eigenvalue weighted by molar-refractivity contribution is 0.0708. The zero-order valence-corrected chi connectivity index (χ0v) is 19.8. The summed E-state index contributed by atoms with van der Waals surface area (Å²) in [5, 5.41) is 12.0. The van der Waals surface area contributed by atoms with Crippen LogP contribution < -0.4 is 10.4 Å². The first kappa shape index (κ1) is 23.3. The Labute approximate surface area is 203 Å². The average molecular weight is 509 g/mol. The first-order valence-corrected chi connectivity index (χ1v) is 11.7. The van der Waals surface area contributed by atoms with E-state index in [1.165, 1.54) is 34.5 Å². The molecule has 2 amide bonds. The Morgan fingerprint density at radius 3 is 2.61 bits per heavy atom. The molecule has 1 aliphatic heterocycles. The SMILES string of the molecule is CN(NC(=O)c1csc(C2CCN(C(=O)c3c(F)cccc3Cl)CC2)n1)c1ccc(Cl)nn1. The normalized spacial score (nSPS) is 14.2. The molecular weight excluding hydrogens is 490 g/mol. The Bertz CT molecular complexity index is 1150. The Morgan fingerprint density at radius 1 is 1.18 bits per heavy atom. The molecule has 1 saturated heterocycles. The number of hydrogen-bond acceptors (Lipinski definition) is 7. The van der Waals surface area contributed by atoms with E-state index < -0.39 is 11.7 Å². The van der Waals surface area contributed by atoms with Gasteiger partial charge < -0.3 is 4.90 Å². The summed E-state index contributed by atoms with van der Waals surface area (Å²) in [6.07, 6.45) is 1.32. The fraction of sp³-hybridized carbons (Fsp3) is 0.286. The van der Waals surface area contributed by atoms with Crippen molar-refractivity contribution in [3.63, 3.8) is 0 Å². The standard InChI is InChI=1S/C21H19Cl2FN6O2S/c1-29(17-6-5-16(23)26-27-17)28-19(31)15-11-33-20(25-15)12-7-9-30(10-8-12)21(32)18-13(22)3-2-4-14(18)24/h2-6,11-12H,7-10H2,1H3,(H,28,31). The maximum atomic E-state index is 14.1. The third kappa shape index (κ3) is 5.23. The molecule has 0 atom stereocenters. The van der Waals surface area contributed by atoms with E-state index in [2.05, 4.69) is 20.6 Å². The van der Waals surface area contributed by atoms with E-state index in [1.807, 2.05) is 0 Å². The van der Waals surface area contributed by atoms with Gasteiger partial charge in [-0.1, -0.05) is 29.3 Å². The summed E-state index contributed by atoms with van der Waals surface area (Å²) in [5.41, 5.74) is 2.89. The lowest BCUT2D eigenvalue weighted by Gasteiger charge is -2.31. The topological polar surface area (TPSA) is 91.3 Å². The number of likely N-dealkylation sites (tertiary alicyclic amines) is 1. The van der Waals surface area contributed by atoms with E-state index in [0.717, 1.165) is 5.01 Å². The predicted molar refractivity (Wildman–Crippen MR) is 124 cm³/mol. The number of hydrogen-bond donors (Lipinski definition) is 1. The van der Waals surface area contributed by atoms with Crippen molar-refractivity contribution < 1.29 is 14.0 Å². The number of rotatable bonds is 5. The van der Waals surface area contributed by atoms with Crippen LogP contribution in [0, 0.1) is 5.82 Å². The van der Waals surface area contributed by atoms with Crippen molar-refractivity contribution in [3.8, 4) is 0 Å². The molecule has 1 aliphatic rings. The van der Waals surface area contributed by atoms with Crippen LogP contribution in [0.15, 0.2) is 35.7 Å². The summed E-state index contributed by atoms with van der Waals surface area (Å²) in [6.45, 7) is 0.903. The molecule has 0 unspecified atom stereocenters. The van der Waals surface area contributed by atoms with Crippen LogP contribution in [-0.2, 0) is 0 Å². The number of halogens is 3. The first-order valence-electron chi connectivity index (χ1n) is 10.1. The number of carbonyl (C=O) groups is 2. The molecule has 4 rings (SSSR count). The van der Waals surface area contributed by atoms with Crippen LogP contribution in [0.5, 0.6) is 0 Å². The molecule has 0 bridgehead atoms. The second-order valence-corrected chi connectivity index (χ2v) is 9.13. The number of amides is 2. The molecule has 0 radical (unpaired) electrons. The molecule has 3 heterocycles. The van der Waals surface area contributed by atoms with Crippen molar-refractivity contribution in [2.24, 2.45) is 0 Å². The fourth-order valence-corrected chi connectivity index (χ4v) is 4.84. The van der Waals surface area contributed by atoms with Gasteiger partial charge in [-0.2, -0.15) is 0 Å². The van der Waals surface area contributed by atoms with Crippen molar-refractivity contribution in [1.29, 1.82) is 0 Å². The number of benzene rings is 1. The van der Waals surface area contributed by atoms with Gasteiger partial charge in [0.1, 0.15) is 11.5 Å². The van der Waals surface area contributed by atoms with Crippen LogP contribution >= 0.6 is 34.5 Å². The number of hydrazine groups is 1. The Balaban J connectivity index is 1.35. The highest BCUT2D eigenvalue weighted by molar-refractivity contribution is 7.09. The van der Waals surface area contributed by atoms with Crippen LogP contribution in [0.2, 0.25) is 10.2 Å². The molecule has 8 nitrogen and oxygen atoms in total. The van der Waals surface area contributed by atoms with Gasteiger partial charge in [0.2, 0.25) is 0 Å². The largest absolute Gasteiger partial charge is 0.338 e. The number of thiazole rings is 1. The third-order valence-electron chi connectivity index (χ3n) is 5.29. The van der Waals surface area contributed by atoms with E-state index in [4.69, 9.17) is 23.2 Å². The predicted octanol–water partition coefficient (Wildman–Crippen LogP) is 4.18. The van der Waals surface area contributed by atoms with Crippen molar-refractivity contribution in [1.82, 2.24) is 25.5 Å². The van der Waals surface area contributed by atoms with E-state index in [0.29, 0.717) is 37.4 Å². The minimum Gasteiger partial charge on any atom is -0.338 e. The monoisotopic (exact) mass is 508 g/mol. The number of nitrogens with one attached hydrogen (secondary N) is 1. The first-order chi connectivity index (χ1) is 15.8. The smallest absolute Gasteiger partial charge is 0.289 e. The molecule has 1 fully saturated rings. The summed E-state index contributed by atoms with van der Waals surface area (Å²) < 4.78 is 14.1. The maximum Gasteiger partial charge on any atom is 0.289 e. The van der Waals surface area contributed by atoms with Gasteiger partial charge in [-0.05, 0) is 37.1 Å². The van der Waals surface area contributed by atoms with Crippen molar-refractivity contribution >= 4 is 52.2 Å². The molecule has 172 valence electrons. The highest BCUT2D eigenvalue weighted by atomic mass is 35.5. The molecule has 0 spiro atoms. The van der Waals surface area contributed by atoms with E-state index >= 15 is 0 Å². The highest BCUT2D eigenvalue weighted by Crippen LogP contribution is 2.32. The highest BCUT2D eigenvalue weighted by Gasteiger charge is 2.29. The van der Waals surface area contributed by atoms with Crippen LogP contribution in [0.1, 0.15) is 44.6 Å². The lowest BCUT2D eigenvalue weighted by atomic mass is 9.97. The van der Waals surface area contributed by atoms with Gasteiger partial charge in [-0.15, -0.1) is 21.5 Å². The average Bonchev–Trinajstić information content (AvgIpc) is 3.30. The summed E-state index contributed by atoms with van der Waals surface area (Å²) in [7, 11) is 1.64. The molecule has 0 saturated carbocycles. The van der Waals surface area contributed by atoms with E-state index in [-0.39, 0.29) is 27.6 Å². The van der Waals surface area contributed by atoms with Crippen LogP contribution in [0.25, 0.3) is 0 Å². The molecule has 33 heavy (non-hydrogen) atoms. The van der Waals surface area contributed by atoms with Gasteiger partial charge in [0.05, 0.1) is 15.6 Å². The Hall–Kier alpha value is -2.82. The van der Waals surface area contributed by atoms with Crippen LogP contribution in [-0.4, -0.2) is 52.0 Å². The van der Waals surface area contributed by atoms with Gasteiger partial charge in [-0.25, -0.2) is 9.37 Å². The minimum atomic E-state index is -0.625. The number of carbonyl (C=O) groups excluding carboxylic acids is 2. The quantitative estimate of drug-likeness (QED) is 0.519. The summed E-state index contributed by atoms with van der Waals surface area (Å²) in [4.78, 5) is 31.4. The van der Waals surface area contributed by atoms with Gasteiger partial charge >= 0.3 is 0 Å². The second-order valence-electron chi connectivity index (χ2n) is 7.45. The minimum absolute atomic E-state index is 0.0969. The zero-order valence-electron chi connectivity index (χ0n) is 17.5. The number of piperidine rings is 1. The number of nitrogens with zero attached hydrogens (tertiary/aromatic N) is 5. The molecular formula is C21H19Cl2FN6O2S. The Morgan fingerprint density at radius 2 is 1.94 bits per heavy atom. The van der Waals surface area contributed by atoms with Crippen LogP contribution in [0.4, 0.5) is 10.2 Å². The summed E-state index contributed by atoms with van der Waals surface area (Å²) in [6, 6.07) is 7.41. The lowest BCUT2D eigenvalue weighted by Crippen LogP contribution is -2.40. The molecule has 3 aromatic rings. The van der Waals surface area contributed by atoms with Crippen molar-refractivity contribution in [2.45, 2.75) is 18.8 Å². The van der Waals surface area contributed by atoms with Crippen molar-refractivity contribution in [2.75, 3.05) is 25.1 Å². The Kier molecular flexibility index (Phi) is 7.06. The van der Waals surface area contributed by atoms with Gasteiger partial charge in [0, 0.05) is 31.4 Å². The van der Waals surface area contributed by atoms with Gasteiger partial charge in [0.15, 0.2) is 11.0 Å².